The van der Waals surface area contributed by atoms with E-state index in [2.05, 4.69) is 0 Å². The maximum atomic E-state index is 12.1. The maximum Gasteiger partial charge on any atom is 0.257 e. The Morgan fingerprint density at radius 1 is 1.56 bits per heavy atom. The topological polar surface area (TPSA) is 40.5 Å². The van der Waals surface area contributed by atoms with Gasteiger partial charge in [0.1, 0.15) is 5.75 Å². The first-order valence-electron chi connectivity index (χ1n) is 5.43. The van der Waals surface area contributed by atoms with Crippen molar-refractivity contribution in [1.82, 2.24) is 4.90 Å². The number of nitrogens with zero attached hydrogens (tertiary/aromatic N) is 1. The van der Waals surface area contributed by atoms with E-state index in [0.29, 0.717) is 23.2 Å². The predicted octanol–water partition coefficient (Wildman–Crippen LogP) is 2.67. The van der Waals surface area contributed by atoms with E-state index in [4.69, 9.17) is 11.6 Å². The zero-order valence-corrected chi connectivity index (χ0v) is 9.87. The number of hydrogen-bond donors (Lipinski definition) is 1. The van der Waals surface area contributed by atoms with Crippen molar-refractivity contribution in [3.05, 3.63) is 28.8 Å². The van der Waals surface area contributed by atoms with Gasteiger partial charge in [-0.05, 0) is 38.0 Å². The van der Waals surface area contributed by atoms with Crippen molar-refractivity contribution >= 4 is 17.5 Å². The summed E-state index contributed by atoms with van der Waals surface area (Å²) < 4.78 is 0. The molecule has 0 atom stereocenters. The minimum atomic E-state index is -0.134. The average molecular weight is 240 g/mol. The van der Waals surface area contributed by atoms with E-state index >= 15 is 0 Å². The lowest BCUT2D eigenvalue weighted by Gasteiger charge is -2.20. The highest BCUT2D eigenvalue weighted by Crippen LogP contribution is 2.30. The van der Waals surface area contributed by atoms with Crippen LogP contribution in [0.15, 0.2) is 18.2 Å². The second-order valence-corrected chi connectivity index (χ2v) is 4.42. The third-order valence-corrected chi connectivity index (χ3v) is 3.01. The molecular weight excluding hydrogens is 226 g/mol. The van der Waals surface area contributed by atoms with Crippen LogP contribution in [0.3, 0.4) is 0 Å². The number of rotatable bonds is 3. The molecule has 1 saturated carbocycles. The van der Waals surface area contributed by atoms with Gasteiger partial charge >= 0.3 is 0 Å². The Bertz CT molecular complexity index is 415. The number of phenolic OH excluding ortho intramolecular Hbond substituents is 1. The zero-order chi connectivity index (χ0) is 11.7. The molecule has 0 saturated heterocycles. The third-order valence-electron chi connectivity index (χ3n) is 2.78. The van der Waals surface area contributed by atoms with Crippen molar-refractivity contribution < 1.29 is 9.90 Å². The summed E-state index contributed by atoms with van der Waals surface area (Å²) in [5.41, 5.74) is 0.293. The van der Waals surface area contributed by atoms with Gasteiger partial charge in [0.2, 0.25) is 0 Å². The van der Waals surface area contributed by atoms with E-state index in [0.717, 1.165) is 12.8 Å². The molecule has 0 heterocycles. The number of halogens is 1. The van der Waals surface area contributed by atoms with Crippen molar-refractivity contribution in [3.63, 3.8) is 0 Å². The van der Waals surface area contributed by atoms with Crippen LogP contribution >= 0.6 is 11.6 Å². The number of amides is 1. The normalized spacial score (nSPS) is 14.9. The van der Waals surface area contributed by atoms with E-state index in [1.54, 1.807) is 11.0 Å². The summed E-state index contributed by atoms with van der Waals surface area (Å²) in [6.07, 6.45) is 2.11. The number of phenols is 1. The number of aromatic hydroxyl groups is 1. The number of benzene rings is 1. The van der Waals surface area contributed by atoms with Gasteiger partial charge in [-0.2, -0.15) is 0 Å². The molecule has 0 spiro atoms. The van der Waals surface area contributed by atoms with E-state index < -0.39 is 0 Å². The number of carbonyl (C=O) groups is 1. The van der Waals surface area contributed by atoms with Crippen LogP contribution in [0, 0.1) is 0 Å². The Morgan fingerprint density at radius 3 is 2.81 bits per heavy atom. The fourth-order valence-electron chi connectivity index (χ4n) is 1.79. The van der Waals surface area contributed by atoms with Crippen molar-refractivity contribution in [2.75, 3.05) is 6.54 Å². The lowest BCUT2D eigenvalue weighted by atomic mass is 10.1. The largest absolute Gasteiger partial charge is 0.507 e. The molecule has 0 aromatic heterocycles. The molecule has 1 fully saturated rings. The summed E-state index contributed by atoms with van der Waals surface area (Å²) in [7, 11) is 0. The first-order chi connectivity index (χ1) is 7.63. The van der Waals surface area contributed by atoms with Crippen LogP contribution < -0.4 is 0 Å². The van der Waals surface area contributed by atoms with Crippen LogP contribution in [0.25, 0.3) is 0 Å². The first-order valence-corrected chi connectivity index (χ1v) is 5.80. The molecule has 1 amide bonds. The fraction of sp³-hybridized carbons (Fsp3) is 0.417. The minimum Gasteiger partial charge on any atom is -0.507 e. The molecule has 3 nitrogen and oxygen atoms in total. The van der Waals surface area contributed by atoms with Gasteiger partial charge in [-0.1, -0.05) is 11.6 Å². The minimum absolute atomic E-state index is 0.00602. The second kappa shape index (κ2) is 4.34. The number of hydrogen-bond acceptors (Lipinski definition) is 2. The van der Waals surface area contributed by atoms with E-state index in [-0.39, 0.29) is 11.7 Å². The molecule has 1 aliphatic carbocycles. The standard InChI is InChI=1S/C12H14ClNO2/c1-2-14(9-4-5-9)12(16)10-7-8(13)3-6-11(10)15/h3,6-7,9,15H,2,4-5H2,1H3. The van der Waals surface area contributed by atoms with Crippen LogP contribution in [0.2, 0.25) is 5.02 Å². The monoisotopic (exact) mass is 239 g/mol. The Balaban J connectivity index is 2.28. The van der Waals surface area contributed by atoms with E-state index in [9.17, 15) is 9.90 Å². The van der Waals surface area contributed by atoms with E-state index in [1.165, 1.54) is 12.1 Å². The van der Waals surface area contributed by atoms with Crippen molar-refractivity contribution in [1.29, 1.82) is 0 Å². The molecule has 0 unspecified atom stereocenters. The van der Waals surface area contributed by atoms with Gasteiger partial charge in [0.15, 0.2) is 0 Å². The molecule has 0 bridgehead atoms. The van der Waals surface area contributed by atoms with Gasteiger partial charge in [0, 0.05) is 17.6 Å². The summed E-state index contributed by atoms with van der Waals surface area (Å²) in [4.78, 5) is 13.9. The lowest BCUT2D eigenvalue weighted by Crippen LogP contribution is -2.32. The van der Waals surface area contributed by atoms with Gasteiger partial charge in [0.05, 0.1) is 5.56 Å². The smallest absolute Gasteiger partial charge is 0.257 e. The molecule has 0 radical (unpaired) electrons. The quantitative estimate of drug-likeness (QED) is 0.881. The highest BCUT2D eigenvalue weighted by atomic mass is 35.5. The Kier molecular flexibility index (Phi) is 3.06. The summed E-state index contributed by atoms with van der Waals surface area (Å²) >= 11 is 5.82. The molecule has 2 rings (SSSR count). The highest BCUT2D eigenvalue weighted by Gasteiger charge is 2.32. The second-order valence-electron chi connectivity index (χ2n) is 3.98. The maximum absolute atomic E-state index is 12.1. The Labute approximate surface area is 99.6 Å². The van der Waals surface area contributed by atoms with Crippen molar-refractivity contribution in [2.45, 2.75) is 25.8 Å². The van der Waals surface area contributed by atoms with Gasteiger partial charge < -0.3 is 10.0 Å². The fourth-order valence-corrected chi connectivity index (χ4v) is 1.96. The lowest BCUT2D eigenvalue weighted by molar-refractivity contribution is 0.0749. The molecule has 1 N–H and O–H groups in total. The summed E-state index contributed by atoms with van der Waals surface area (Å²) in [6, 6.07) is 4.89. The molecule has 86 valence electrons. The van der Waals surface area contributed by atoms with Crippen LogP contribution in [0.1, 0.15) is 30.1 Å². The highest BCUT2D eigenvalue weighted by molar-refractivity contribution is 6.31. The Morgan fingerprint density at radius 2 is 2.25 bits per heavy atom. The predicted molar refractivity (Wildman–Crippen MR) is 62.8 cm³/mol. The molecule has 16 heavy (non-hydrogen) atoms. The molecule has 1 aromatic rings. The SMILES string of the molecule is CCN(C(=O)c1cc(Cl)ccc1O)C1CC1. The molecular formula is C12H14ClNO2. The van der Waals surface area contributed by atoms with Gasteiger partial charge in [-0.3, -0.25) is 4.79 Å². The summed E-state index contributed by atoms with van der Waals surface area (Å²) in [5, 5.41) is 10.1. The van der Waals surface area contributed by atoms with Crippen LogP contribution in [-0.4, -0.2) is 28.5 Å². The van der Waals surface area contributed by atoms with Crippen molar-refractivity contribution in [3.8, 4) is 5.75 Å². The molecule has 1 aromatic carbocycles. The van der Waals surface area contributed by atoms with E-state index in [1.807, 2.05) is 6.92 Å². The van der Waals surface area contributed by atoms with Gasteiger partial charge in [0.25, 0.3) is 5.91 Å². The number of carbonyl (C=O) groups excluding carboxylic acids is 1. The molecule has 1 aliphatic rings. The van der Waals surface area contributed by atoms with Gasteiger partial charge in [-0.15, -0.1) is 0 Å². The zero-order valence-electron chi connectivity index (χ0n) is 9.11. The van der Waals surface area contributed by atoms with Crippen molar-refractivity contribution in [2.24, 2.45) is 0 Å². The van der Waals surface area contributed by atoms with Crippen LogP contribution in [-0.2, 0) is 0 Å². The Hall–Kier alpha value is -1.22. The van der Waals surface area contributed by atoms with Gasteiger partial charge in [-0.25, -0.2) is 0 Å². The molecule has 0 aliphatic heterocycles. The summed E-state index contributed by atoms with van der Waals surface area (Å²) in [6.45, 7) is 2.60. The average Bonchev–Trinajstić information content (AvgIpc) is 3.07. The summed E-state index contributed by atoms with van der Waals surface area (Å²) in [5.74, 6) is -0.140. The first kappa shape index (κ1) is 11.3. The van der Waals surface area contributed by atoms with Crippen LogP contribution in [0.5, 0.6) is 5.75 Å². The van der Waals surface area contributed by atoms with Crippen LogP contribution in [0.4, 0.5) is 0 Å². The molecule has 4 heteroatoms. The third kappa shape index (κ3) is 2.14.